The van der Waals surface area contributed by atoms with Crippen LogP contribution in [0.25, 0.3) is 10.9 Å². The summed E-state index contributed by atoms with van der Waals surface area (Å²) in [6.07, 6.45) is 0. The van der Waals surface area contributed by atoms with Gasteiger partial charge in [-0.05, 0) is 58.3 Å². The van der Waals surface area contributed by atoms with Crippen molar-refractivity contribution < 1.29 is 9.53 Å². The molecule has 0 aliphatic heterocycles. The highest BCUT2D eigenvalue weighted by atomic mass is 35.5. The molecule has 9 heteroatoms. The molecule has 1 unspecified atom stereocenters. The van der Waals surface area contributed by atoms with Gasteiger partial charge in [-0.2, -0.15) is 0 Å². The number of anilines is 1. The number of hydrogen-bond donors (Lipinski definition) is 1. The molecule has 0 fully saturated rings. The van der Waals surface area contributed by atoms with Crippen LogP contribution in [0, 0.1) is 0 Å². The molecule has 176 valence electrons. The van der Waals surface area contributed by atoms with E-state index in [1.807, 2.05) is 45.0 Å². The van der Waals surface area contributed by atoms with Gasteiger partial charge in [0.15, 0.2) is 0 Å². The third-order valence-corrected chi connectivity index (χ3v) is 5.71. The number of carbonyl (C=O) groups excluding carboxylic acids is 1. The molecule has 1 heterocycles. The van der Waals surface area contributed by atoms with Gasteiger partial charge in [-0.15, -0.1) is 0 Å². The standard InChI is InChI=1S/C24H30ClN5O3/c1-6-29-22(27-21-14-17(25)10-11-20(21)23(29)31)16(2)30(13-12-28(3)4)24(32)26-18-8-7-9-19(15-18)33-5/h7-11,14-16H,6,12-13H2,1-5H3,(H,26,32). The number of amides is 2. The molecule has 33 heavy (non-hydrogen) atoms. The topological polar surface area (TPSA) is 79.7 Å². The fourth-order valence-electron chi connectivity index (χ4n) is 3.65. The van der Waals surface area contributed by atoms with Crippen LogP contribution in [0.15, 0.2) is 47.3 Å². The monoisotopic (exact) mass is 471 g/mol. The number of aromatic nitrogens is 2. The summed E-state index contributed by atoms with van der Waals surface area (Å²) < 4.78 is 6.87. The molecule has 3 aromatic rings. The lowest BCUT2D eigenvalue weighted by Crippen LogP contribution is -2.43. The van der Waals surface area contributed by atoms with Gasteiger partial charge in [-0.1, -0.05) is 17.7 Å². The third-order valence-electron chi connectivity index (χ3n) is 5.47. The summed E-state index contributed by atoms with van der Waals surface area (Å²) in [5, 5.41) is 3.94. The molecule has 2 aromatic carbocycles. The van der Waals surface area contributed by atoms with Crippen molar-refractivity contribution in [2.75, 3.05) is 39.6 Å². The van der Waals surface area contributed by atoms with Gasteiger partial charge in [-0.25, -0.2) is 9.78 Å². The zero-order valence-corrected chi connectivity index (χ0v) is 20.4. The molecule has 0 saturated heterocycles. The van der Waals surface area contributed by atoms with E-state index in [0.717, 1.165) is 0 Å². The minimum absolute atomic E-state index is 0.151. The number of likely N-dealkylation sites (N-methyl/N-ethyl adjacent to an activating group) is 1. The van der Waals surface area contributed by atoms with E-state index < -0.39 is 6.04 Å². The second kappa shape index (κ2) is 10.7. The van der Waals surface area contributed by atoms with Crippen molar-refractivity contribution in [3.05, 3.63) is 63.7 Å². The van der Waals surface area contributed by atoms with Crippen LogP contribution in [-0.4, -0.2) is 59.7 Å². The summed E-state index contributed by atoms with van der Waals surface area (Å²) in [5.41, 5.74) is 0.981. The maximum Gasteiger partial charge on any atom is 0.322 e. The zero-order chi connectivity index (χ0) is 24.1. The Morgan fingerprint density at radius 2 is 1.97 bits per heavy atom. The molecule has 0 bridgehead atoms. The summed E-state index contributed by atoms with van der Waals surface area (Å²) in [6.45, 7) is 5.29. The summed E-state index contributed by atoms with van der Waals surface area (Å²) >= 11 is 6.15. The second-order valence-electron chi connectivity index (χ2n) is 8.02. The number of carbonyl (C=O) groups is 1. The van der Waals surface area contributed by atoms with Crippen molar-refractivity contribution in [1.29, 1.82) is 0 Å². The minimum atomic E-state index is -0.466. The van der Waals surface area contributed by atoms with E-state index in [4.69, 9.17) is 21.3 Å². The predicted molar refractivity (Wildman–Crippen MR) is 132 cm³/mol. The number of hydrogen-bond acceptors (Lipinski definition) is 5. The smallest absolute Gasteiger partial charge is 0.322 e. The first-order valence-electron chi connectivity index (χ1n) is 10.8. The zero-order valence-electron chi connectivity index (χ0n) is 19.6. The summed E-state index contributed by atoms with van der Waals surface area (Å²) in [7, 11) is 5.47. The Morgan fingerprint density at radius 3 is 2.64 bits per heavy atom. The van der Waals surface area contributed by atoms with Crippen molar-refractivity contribution in [1.82, 2.24) is 19.4 Å². The van der Waals surface area contributed by atoms with E-state index in [2.05, 4.69) is 5.32 Å². The first kappa shape index (κ1) is 24.5. The lowest BCUT2D eigenvalue weighted by atomic mass is 10.2. The maximum atomic E-state index is 13.4. The van der Waals surface area contributed by atoms with Gasteiger partial charge in [0, 0.05) is 36.4 Å². The SMILES string of the molecule is CCn1c(C(C)N(CCN(C)C)C(=O)Nc2cccc(OC)c2)nc2cc(Cl)ccc2c1=O. The van der Waals surface area contributed by atoms with Crippen LogP contribution >= 0.6 is 11.6 Å². The lowest BCUT2D eigenvalue weighted by molar-refractivity contribution is 0.180. The normalized spacial score (nSPS) is 12.1. The van der Waals surface area contributed by atoms with Crippen LogP contribution < -0.4 is 15.6 Å². The number of nitrogens with zero attached hydrogens (tertiary/aromatic N) is 4. The summed E-state index contributed by atoms with van der Waals surface area (Å²) in [5.74, 6) is 1.16. The highest BCUT2D eigenvalue weighted by Gasteiger charge is 2.26. The maximum absolute atomic E-state index is 13.4. The van der Waals surface area contributed by atoms with Crippen LogP contribution in [0.2, 0.25) is 5.02 Å². The molecule has 0 saturated carbocycles. The molecule has 1 atom stereocenters. The highest BCUT2D eigenvalue weighted by Crippen LogP contribution is 2.24. The van der Waals surface area contributed by atoms with Gasteiger partial charge in [-0.3, -0.25) is 9.36 Å². The molecule has 0 aliphatic carbocycles. The summed E-state index contributed by atoms with van der Waals surface area (Å²) in [6, 6.07) is 11.5. The van der Waals surface area contributed by atoms with E-state index >= 15 is 0 Å². The number of methoxy groups -OCH3 is 1. The van der Waals surface area contributed by atoms with Crippen molar-refractivity contribution in [3.63, 3.8) is 0 Å². The molecule has 0 aliphatic rings. The number of fused-ring (bicyclic) bond motifs is 1. The van der Waals surface area contributed by atoms with Gasteiger partial charge >= 0.3 is 6.03 Å². The van der Waals surface area contributed by atoms with Crippen molar-refractivity contribution in [2.45, 2.75) is 26.4 Å². The van der Waals surface area contributed by atoms with E-state index in [9.17, 15) is 9.59 Å². The van der Waals surface area contributed by atoms with E-state index in [1.54, 1.807) is 46.9 Å². The van der Waals surface area contributed by atoms with Crippen molar-refractivity contribution in [2.24, 2.45) is 0 Å². The molecule has 8 nitrogen and oxygen atoms in total. The first-order chi connectivity index (χ1) is 15.7. The van der Waals surface area contributed by atoms with Gasteiger partial charge in [0.2, 0.25) is 0 Å². The van der Waals surface area contributed by atoms with E-state index in [-0.39, 0.29) is 11.6 Å². The Bertz CT molecular complexity index is 1190. The fraction of sp³-hybridized carbons (Fsp3) is 0.375. The molecular formula is C24H30ClN5O3. The second-order valence-corrected chi connectivity index (χ2v) is 8.45. The van der Waals surface area contributed by atoms with Gasteiger partial charge in [0.05, 0.1) is 24.1 Å². The molecule has 0 radical (unpaired) electrons. The average Bonchev–Trinajstić information content (AvgIpc) is 2.78. The molecule has 1 N–H and O–H groups in total. The van der Waals surface area contributed by atoms with Crippen LogP contribution in [0.5, 0.6) is 5.75 Å². The quantitative estimate of drug-likeness (QED) is 0.531. The van der Waals surface area contributed by atoms with Crippen molar-refractivity contribution >= 4 is 34.2 Å². The molecular weight excluding hydrogens is 442 g/mol. The Kier molecular flexibility index (Phi) is 7.94. The number of halogens is 1. The Labute approximate surface area is 198 Å². The van der Waals surface area contributed by atoms with Crippen molar-refractivity contribution in [3.8, 4) is 5.75 Å². The van der Waals surface area contributed by atoms with Crippen LogP contribution in [-0.2, 0) is 6.54 Å². The highest BCUT2D eigenvalue weighted by molar-refractivity contribution is 6.31. The third kappa shape index (κ3) is 5.64. The lowest BCUT2D eigenvalue weighted by Gasteiger charge is -2.31. The van der Waals surface area contributed by atoms with Crippen LogP contribution in [0.1, 0.15) is 25.7 Å². The predicted octanol–water partition coefficient (Wildman–Crippen LogP) is 4.24. The number of benzene rings is 2. The summed E-state index contributed by atoms with van der Waals surface area (Å²) in [4.78, 5) is 35.0. The van der Waals surface area contributed by atoms with Gasteiger partial charge < -0.3 is 19.9 Å². The van der Waals surface area contributed by atoms with Crippen LogP contribution in [0.4, 0.5) is 10.5 Å². The molecule has 2 amide bonds. The Morgan fingerprint density at radius 1 is 1.21 bits per heavy atom. The Balaban J connectivity index is 2.02. The minimum Gasteiger partial charge on any atom is -0.497 e. The number of rotatable bonds is 8. The molecule has 0 spiro atoms. The number of urea groups is 1. The fourth-order valence-corrected chi connectivity index (χ4v) is 3.82. The number of ether oxygens (including phenoxy) is 1. The number of nitrogens with one attached hydrogen (secondary N) is 1. The Hall–Kier alpha value is -3.10. The molecule has 1 aromatic heterocycles. The first-order valence-corrected chi connectivity index (χ1v) is 11.2. The van der Waals surface area contributed by atoms with Gasteiger partial charge in [0.25, 0.3) is 5.56 Å². The molecule has 3 rings (SSSR count). The average molecular weight is 472 g/mol. The van der Waals surface area contributed by atoms with Crippen LogP contribution in [0.3, 0.4) is 0 Å². The van der Waals surface area contributed by atoms with E-state index in [1.165, 1.54) is 0 Å². The van der Waals surface area contributed by atoms with Gasteiger partial charge in [0.1, 0.15) is 11.6 Å². The largest absolute Gasteiger partial charge is 0.497 e. The van der Waals surface area contributed by atoms with E-state index in [0.29, 0.717) is 52.8 Å².